The van der Waals surface area contributed by atoms with Crippen molar-refractivity contribution in [3.8, 4) is 20.2 Å². The number of hydrogen-bond acceptors (Lipinski definition) is 4. The number of anilines is 3. The second-order valence-electron chi connectivity index (χ2n) is 7.04. The largest absolute Gasteiger partial charge is 0.311 e. The van der Waals surface area contributed by atoms with Crippen molar-refractivity contribution in [1.82, 2.24) is 0 Å². The second-order valence-corrected chi connectivity index (χ2v) is 9.24. The van der Waals surface area contributed by atoms with Gasteiger partial charge in [0.05, 0.1) is 4.88 Å². The van der Waals surface area contributed by atoms with E-state index in [4.69, 9.17) is 0 Å². The van der Waals surface area contributed by atoms with Crippen molar-refractivity contribution in [2.45, 2.75) is 0 Å². The maximum atomic E-state index is 11.0. The summed E-state index contributed by atoms with van der Waals surface area (Å²) >= 11 is 3.28. The van der Waals surface area contributed by atoms with Crippen molar-refractivity contribution in [3.63, 3.8) is 0 Å². The SMILES string of the molecule is O=Cc1ccc(-c2ccc(-c3ccc(N(c4ccccc4)c4ccccc4)cc3)s2)s1. The Hall–Kier alpha value is -3.47. The lowest BCUT2D eigenvalue weighted by Gasteiger charge is -2.25. The van der Waals surface area contributed by atoms with Crippen LogP contribution in [0, 0.1) is 0 Å². The third kappa shape index (κ3) is 4.08. The molecular weight excluding hydrogens is 418 g/mol. The van der Waals surface area contributed by atoms with Gasteiger partial charge in [0.15, 0.2) is 6.29 Å². The number of thiophene rings is 2. The van der Waals surface area contributed by atoms with E-state index in [9.17, 15) is 4.79 Å². The van der Waals surface area contributed by atoms with Crippen molar-refractivity contribution in [1.29, 1.82) is 0 Å². The predicted molar refractivity (Wildman–Crippen MR) is 133 cm³/mol. The highest BCUT2D eigenvalue weighted by Gasteiger charge is 2.13. The van der Waals surface area contributed by atoms with Gasteiger partial charge < -0.3 is 4.90 Å². The molecule has 0 saturated carbocycles. The molecule has 150 valence electrons. The Bertz CT molecular complexity index is 1250. The van der Waals surface area contributed by atoms with E-state index in [1.807, 2.05) is 24.3 Å². The summed E-state index contributed by atoms with van der Waals surface area (Å²) in [6, 6.07) is 37.7. The summed E-state index contributed by atoms with van der Waals surface area (Å²) in [5.74, 6) is 0. The molecule has 0 N–H and O–H groups in total. The predicted octanol–water partition coefficient (Wildman–Crippen LogP) is 8.43. The third-order valence-corrected chi connectivity index (χ3v) is 7.37. The molecule has 3 aromatic carbocycles. The summed E-state index contributed by atoms with van der Waals surface area (Å²) in [5.41, 5.74) is 4.56. The highest BCUT2D eigenvalue weighted by Crippen LogP contribution is 2.39. The lowest BCUT2D eigenvalue weighted by Crippen LogP contribution is -2.09. The Balaban J connectivity index is 1.47. The summed E-state index contributed by atoms with van der Waals surface area (Å²) < 4.78 is 0. The molecule has 2 aromatic heterocycles. The first-order valence-corrected chi connectivity index (χ1v) is 11.6. The van der Waals surface area contributed by atoms with Gasteiger partial charge in [-0.2, -0.15) is 0 Å². The molecule has 5 aromatic rings. The van der Waals surface area contributed by atoms with Crippen molar-refractivity contribution < 1.29 is 4.79 Å². The molecule has 0 saturated heterocycles. The molecule has 31 heavy (non-hydrogen) atoms. The summed E-state index contributed by atoms with van der Waals surface area (Å²) in [7, 11) is 0. The quantitative estimate of drug-likeness (QED) is 0.248. The smallest absolute Gasteiger partial charge is 0.160 e. The number of carbonyl (C=O) groups is 1. The lowest BCUT2D eigenvalue weighted by molar-refractivity contribution is 0.112. The van der Waals surface area contributed by atoms with Gasteiger partial charge in [-0.05, 0) is 66.2 Å². The first kappa shape index (κ1) is 19.5. The fourth-order valence-corrected chi connectivity index (χ4v) is 5.47. The summed E-state index contributed by atoms with van der Waals surface area (Å²) in [5, 5.41) is 0. The minimum Gasteiger partial charge on any atom is -0.311 e. The van der Waals surface area contributed by atoms with Gasteiger partial charge in [0, 0.05) is 31.7 Å². The average Bonchev–Trinajstić information content (AvgIpc) is 3.51. The Morgan fingerprint density at radius 2 is 1.03 bits per heavy atom. The van der Waals surface area contributed by atoms with Crippen molar-refractivity contribution >= 4 is 46.0 Å². The topological polar surface area (TPSA) is 20.3 Å². The standard InChI is InChI=1S/C27H19NOS2/c29-19-24-15-16-26(30-24)27-18-17-25(31-27)20-11-13-23(14-12-20)28(21-7-3-1-4-8-21)22-9-5-2-6-10-22/h1-19H. The molecule has 0 unspecified atom stereocenters. The zero-order valence-electron chi connectivity index (χ0n) is 16.6. The fourth-order valence-electron chi connectivity index (χ4n) is 3.55. The van der Waals surface area contributed by atoms with Crippen LogP contribution in [-0.2, 0) is 0 Å². The van der Waals surface area contributed by atoms with E-state index in [1.54, 1.807) is 11.3 Å². The summed E-state index contributed by atoms with van der Waals surface area (Å²) in [4.78, 5) is 17.5. The van der Waals surface area contributed by atoms with Crippen LogP contribution in [0.4, 0.5) is 17.1 Å². The van der Waals surface area contributed by atoms with Crippen molar-refractivity contribution in [2.75, 3.05) is 4.90 Å². The van der Waals surface area contributed by atoms with Gasteiger partial charge in [-0.25, -0.2) is 0 Å². The van der Waals surface area contributed by atoms with E-state index in [1.165, 1.54) is 26.7 Å². The highest BCUT2D eigenvalue weighted by molar-refractivity contribution is 7.24. The first-order valence-electron chi connectivity index (χ1n) is 9.98. The molecule has 2 nitrogen and oxygen atoms in total. The molecule has 0 amide bonds. The van der Waals surface area contributed by atoms with E-state index < -0.39 is 0 Å². The van der Waals surface area contributed by atoms with E-state index >= 15 is 0 Å². The molecule has 0 bridgehead atoms. The normalized spacial score (nSPS) is 10.7. The van der Waals surface area contributed by atoms with Crippen LogP contribution in [0.5, 0.6) is 0 Å². The average molecular weight is 438 g/mol. The monoisotopic (exact) mass is 437 g/mol. The van der Waals surface area contributed by atoms with Gasteiger partial charge in [-0.15, -0.1) is 22.7 Å². The molecule has 0 fully saturated rings. The molecule has 4 heteroatoms. The molecule has 5 rings (SSSR count). The number of para-hydroxylation sites is 2. The fraction of sp³-hybridized carbons (Fsp3) is 0. The van der Waals surface area contributed by atoms with Gasteiger partial charge in [0.2, 0.25) is 0 Å². The zero-order chi connectivity index (χ0) is 21.0. The van der Waals surface area contributed by atoms with Gasteiger partial charge in [-0.3, -0.25) is 4.79 Å². The first-order chi connectivity index (χ1) is 15.3. The Morgan fingerprint density at radius 1 is 0.516 bits per heavy atom. The van der Waals surface area contributed by atoms with Crippen LogP contribution >= 0.6 is 22.7 Å². The minimum atomic E-state index is 0.760. The van der Waals surface area contributed by atoms with Crippen LogP contribution < -0.4 is 4.90 Å². The highest BCUT2D eigenvalue weighted by atomic mass is 32.1. The molecule has 0 aliphatic heterocycles. The number of nitrogens with zero attached hydrogens (tertiary/aromatic N) is 1. The van der Waals surface area contributed by atoms with E-state index in [-0.39, 0.29) is 0 Å². The van der Waals surface area contributed by atoms with Crippen molar-refractivity contribution in [3.05, 3.63) is 114 Å². The lowest BCUT2D eigenvalue weighted by atomic mass is 10.1. The number of benzene rings is 3. The van der Waals surface area contributed by atoms with Crippen LogP contribution in [0.3, 0.4) is 0 Å². The Labute approximate surface area is 189 Å². The van der Waals surface area contributed by atoms with Crippen LogP contribution in [-0.4, -0.2) is 6.29 Å². The number of carbonyl (C=O) groups excluding carboxylic acids is 1. The molecule has 0 radical (unpaired) electrons. The van der Waals surface area contributed by atoms with Gasteiger partial charge in [-0.1, -0.05) is 48.5 Å². The summed E-state index contributed by atoms with van der Waals surface area (Å²) in [6.45, 7) is 0. The van der Waals surface area contributed by atoms with Crippen LogP contribution in [0.1, 0.15) is 9.67 Å². The maximum Gasteiger partial charge on any atom is 0.160 e. The minimum absolute atomic E-state index is 0.760. The molecule has 2 heterocycles. The third-order valence-electron chi connectivity index (χ3n) is 5.03. The van der Waals surface area contributed by atoms with Crippen LogP contribution in [0.15, 0.2) is 109 Å². The van der Waals surface area contributed by atoms with Gasteiger partial charge >= 0.3 is 0 Å². The number of aldehydes is 1. The van der Waals surface area contributed by atoms with Crippen LogP contribution in [0.2, 0.25) is 0 Å². The van der Waals surface area contributed by atoms with E-state index in [0.717, 1.165) is 33.1 Å². The maximum absolute atomic E-state index is 11.0. The Morgan fingerprint density at radius 3 is 1.61 bits per heavy atom. The molecular formula is C27H19NOS2. The van der Waals surface area contributed by atoms with E-state index in [2.05, 4.69) is 89.8 Å². The van der Waals surface area contributed by atoms with Crippen molar-refractivity contribution in [2.24, 2.45) is 0 Å². The number of rotatable bonds is 6. The molecule has 0 aliphatic carbocycles. The van der Waals surface area contributed by atoms with Gasteiger partial charge in [0.1, 0.15) is 0 Å². The van der Waals surface area contributed by atoms with Crippen LogP contribution in [0.25, 0.3) is 20.2 Å². The van der Waals surface area contributed by atoms with E-state index in [0.29, 0.717) is 0 Å². The molecule has 0 aliphatic rings. The molecule has 0 spiro atoms. The number of hydrogen-bond donors (Lipinski definition) is 0. The Kier molecular flexibility index (Phi) is 5.48. The summed E-state index contributed by atoms with van der Waals surface area (Å²) in [6.07, 6.45) is 0.909. The van der Waals surface area contributed by atoms with Gasteiger partial charge in [0.25, 0.3) is 0 Å². The zero-order valence-corrected chi connectivity index (χ0v) is 18.3. The molecule has 0 atom stereocenters. The second kappa shape index (κ2) is 8.72.